The first-order chi connectivity index (χ1) is 5.81. The van der Waals surface area contributed by atoms with E-state index in [4.69, 9.17) is 9.84 Å². The first-order valence-corrected chi connectivity index (χ1v) is 5.66. The highest BCUT2D eigenvalue weighted by Crippen LogP contribution is 2.12. The van der Waals surface area contributed by atoms with Gasteiger partial charge >= 0.3 is 0 Å². The summed E-state index contributed by atoms with van der Waals surface area (Å²) < 4.78 is 5.33. The second-order valence-corrected chi connectivity index (χ2v) is 4.35. The third kappa shape index (κ3) is 8.37. The minimum atomic E-state index is 0.296. The number of hydrogen-bond acceptors (Lipinski definition) is 3. The molecule has 0 aliphatic rings. The average Bonchev–Trinajstić information content (AvgIpc) is 2.05. The van der Waals surface area contributed by atoms with E-state index in [2.05, 4.69) is 13.8 Å². The predicted molar refractivity (Wildman–Crippen MR) is 54.7 cm³/mol. The average molecular weight is 192 g/mol. The van der Waals surface area contributed by atoms with Gasteiger partial charge in [0.05, 0.1) is 6.61 Å². The molecule has 0 aromatic carbocycles. The molecule has 0 aromatic heterocycles. The van der Waals surface area contributed by atoms with E-state index in [1.54, 1.807) is 0 Å². The molecule has 1 unspecified atom stereocenters. The SMILES string of the molecule is CCCOCCSC(C)CCO. The molecule has 0 spiro atoms. The topological polar surface area (TPSA) is 29.5 Å². The van der Waals surface area contributed by atoms with E-state index in [1.165, 1.54) is 0 Å². The summed E-state index contributed by atoms with van der Waals surface area (Å²) in [5.41, 5.74) is 0. The largest absolute Gasteiger partial charge is 0.396 e. The van der Waals surface area contributed by atoms with Crippen LogP contribution >= 0.6 is 11.8 Å². The maximum atomic E-state index is 8.63. The Morgan fingerprint density at radius 2 is 2.17 bits per heavy atom. The molecule has 0 bridgehead atoms. The van der Waals surface area contributed by atoms with Crippen molar-refractivity contribution < 1.29 is 9.84 Å². The monoisotopic (exact) mass is 192 g/mol. The lowest BCUT2D eigenvalue weighted by molar-refractivity contribution is 0.150. The molecular formula is C9H20O2S. The molecule has 2 nitrogen and oxygen atoms in total. The van der Waals surface area contributed by atoms with Gasteiger partial charge in [0, 0.05) is 24.2 Å². The molecule has 0 heterocycles. The lowest BCUT2D eigenvalue weighted by atomic mass is 10.3. The first kappa shape index (κ1) is 12.3. The minimum Gasteiger partial charge on any atom is -0.396 e. The zero-order chi connectivity index (χ0) is 9.23. The summed E-state index contributed by atoms with van der Waals surface area (Å²) in [6.45, 7) is 6.26. The zero-order valence-corrected chi connectivity index (χ0v) is 8.90. The summed E-state index contributed by atoms with van der Waals surface area (Å²) in [5.74, 6) is 1.04. The van der Waals surface area contributed by atoms with Crippen molar-refractivity contribution in [1.82, 2.24) is 0 Å². The Bertz CT molecular complexity index is 88.6. The van der Waals surface area contributed by atoms with Gasteiger partial charge in [-0.3, -0.25) is 0 Å². The molecule has 0 rings (SSSR count). The van der Waals surface area contributed by atoms with Gasteiger partial charge in [-0.2, -0.15) is 11.8 Å². The summed E-state index contributed by atoms with van der Waals surface area (Å²) in [6.07, 6.45) is 1.98. The Morgan fingerprint density at radius 1 is 1.42 bits per heavy atom. The van der Waals surface area contributed by atoms with Gasteiger partial charge in [0.15, 0.2) is 0 Å². The normalized spacial score (nSPS) is 13.2. The molecule has 0 aliphatic heterocycles. The van der Waals surface area contributed by atoms with Crippen molar-refractivity contribution >= 4 is 11.8 Å². The Morgan fingerprint density at radius 3 is 2.75 bits per heavy atom. The van der Waals surface area contributed by atoms with Crippen molar-refractivity contribution in [2.75, 3.05) is 25.6 Å². The van der Waals surface area contributed by atoms with Gasteiger partial charge in [0.1, 0.15) is 0 Å². The number of hydrogen-bond donors (Lipinski definition) is 1. The second-order valence-electron chi connectivity index (χ2n) is 2.81. The van der Waals surface area contributed by atoms with Crippen LogP contribution in [0.25, 0.3) is 0 Å². The highest BCUT2D eigenvalue weighted by molar-refractivity contribution is 7.99. The molecule has 3 heteroatoms. The third-order valence-electron chi connectivity index (χ3n) is 1.51. The summed E-state index contributed by atoms with van der Waals surface area (Å²) in [6, 6.07) is 0. The predicted octanol–water partition coefficient (Wildman–Crippen LogP) is 1.92. The van der Waals surface area contributed by atoms with Crippen LogP contribution in [0.4, 0.5) is 0 Å². The number of rotatable bonds is 8. The smallest absolute Gasteiger partial charge is 0.0556 e. The highest BCUT2D eigenvalue weighted by Gasteiger charge is 2.00. The van der Waals surface area contributed by atoms with Crippen LogP contribution in [-0.2, 0) is 4.74 Å². The Labute approximate surface area is 79.7 Å². The Hall–Kier alpha value is 0.270. The molecule has 12 heavy (non-hydrogen) atoms. The van der Waals surface area contributed by atoms with E-state index in [1.807, 2.05) is 11.8 Å². The van der Waals surface area contributed by atoms with Crippen LogP contribution in [0.1, 0.15) is 26.7 Å². The molecular weight excluding hydrogens is 172 g/mol. The molecule has 0 saturated carbocycles. The molecule has 1 N–H and O–H groups in total. The standard InChI is InChI=1S/C9H20O2S/c1-3-6-11-7-8-12-9(2)4-5-10/h9-10H,3-8H2,1-2H3. The van der Waals surface area contributed by atoms with E-state index in [9.17, 15) is 0 Å². The van der Waals surface area contributed by atoms with Crippen molar-refractivity contribution in [3.05, 3.63) is 0 Å². The lowest BCUT2D eigenvalue weighted by Crippen LogP contribution is -2.04. The summed E-state index contributed by atoms with van der Waals surface area (Å²) >= 11 is 1.87. The zero-order valence-electron chi connectivity index (χ0n) is 8.08. The van der Waals surface area contributed by atoms with Gasteiger partial charge in [0.2, 0.25) is 0 Å². The van der Waals surface area contributed by atoms with Gasteiger partial charge in [-0.15, -0.1) is 0 Å². The van der Waals surface area contributed by atoms with Crippen LogP contribution in [0.5, 0.6) is 0 Å². The molecule has 74 valence electrons. The highest BCUT2D eigenvalue weighted by atomic mass is 32.2. The number of ether oxygens (including phenoxy) is 1. The fourth-order valence-electron chi connectivity index (χ4n) is 0.820. The van der Waals surface area contributed by atoms with Gasteiger partial charge in [-0.25, -0.2) is 0 Å². The van der Waals surface area contributed by atoms with Gasteiger partial charge in [-0.1, -0.05) is 13.8 Å². The van der Waals surface area contributed by atoms with Crippen LogP contribution in [0.2, 0.25) is 0 Å². The second kappa shape index (κ2) is 9.36. The summed E-state index contributed by atoms with van der Waals surface area (Å²) in [5, 5.41) is 9.19. The molecule has 0 radical (unpaired) electrons. The van der Waals surface area contributed by atoms with Crippen molar-refractivity contribution in [2.24, 2.45) is 0 Å². The Kier molecular flexibility index (Phi) is 9.57. The molecule has 0 amide bonds. The van der Waals surface area contributed by atoms with Crippen LogP contribution in [0.15, 0.2) is 0 Å². The number of thioether (sulfide) groups is 1. The molecule has 1 atom stereocenters. The third-order valence-corrected chi connectivity index (χ3v) is 2.72. The van der Waals surface area contributed by atoms with Crippen LogP contribution in [0, 0.1) is 0 Å². The van der Waals surface area contributed by atoms with Crippen LogP contribution in [0.3, 0.4) is 0 Å². The van der Waals surface area contributed by atoms with Crippen molar-refractivity contribution in [3.8, 4) is 0 Å². The first-order valence-electron chi connectivity index (χ1n) is 4.61. The number of aliphatic hydroxyl groups is 1. The minimum absolute atomic E-state index is 0.296. The Balaban J connectivity index is 2.97. The maximum Gasteiger partial charge on any atom is 0.0556 e. The summed E-state index contributed by atoms with van der Waals surface area (Å²) in [7, 11) is 0. The quantitative estimate of drug-likeness (QED) is 0.596. The summed E-state index contributed by atoms with van der Waals surface area (Å²) in [4.78, 5) is 0. The van der Waals surface area contributed by atoms with E-state index in [0.29, 0.717) is 11.9 Å². The fourth-order valence-corrected chi connectivity index (χ4v) is 1.71. The van der Waals surface area contributed by atoms with E-state index >= 15 is 0 Å². The number of aliphatic hydroxyl groups excluding tert-OH is 1. The van der Waals surface area contributed by atoms with Crippen LogP contribution in [-0.4, -0.2) is 35.9 Å². The lowest BCUT2D eigenvalue weighted by Gasteiger charge is -2.08. The molecule has 0 aliphatic carbocycles. The van der Waals surface area contributed by atoms with Gasteiger partial charge in [0.25, 0.3) is 0 Å². The van der Waals surface area contributed by atoms with Gasteiger partial charge < -0.3 is 9.84 Å². The maximum absolute atomic E-state index is 8.63. The molecule has 0 saturated heterocycles. The van der Waals surface area contributed by atoms with E-state index in [-0.39, 0.29) is 0 Å². The molecule has 0 aromatic rings. The van der Waals surface area contributed by atoms with Crippen molar-refractivity contribution in [3.63, 3.8) is 0 Å². The van der Waals surface area contributed by atoms with Crippen LogP contribution < -0.4 is 0 Å². The van der Waals surface area contributed by atoms with E-state index in [0.717, 1.165) is 31.8 Å². The van der Waals surface area contributed by atoms with E-state index < -0.39 is 0 Å². The molecule has 0 fully saturated rings. The van der Waals surface area contributed by atoms with Crippen molar-refractivity contribution in [2.45, 2.75) is 31.9 Å². The van der Waals surface area contributed by atoms with Gasteiger partial charge in [-0.05, 0) is 12.8 Å². The fraction of sp³-hybridized carbons (Fsp3) is 1.00. The van der Waals surface area contributed by atoms with Crippen molar-refractivity contribution in [1.29, 1.82) is 0 Å².